The van der Waals surface area contributed by atoms with Crippen LogP contribution in [0.1, 0.15) is 20.8 Å². The lowest BCUT2D eigenvalue weighted by Gasteiger charge is -2.19. The number of nitrogens with one attached hydrogen (secondary N) is 1. The first-order valence-corrected chi connectivity index (χ1v) is 5.16. The molecule has 0 aliphatic carbocycles. The number of nitrogens with two attached hydrogens (primary N) is 1. The van der Waals surface area contributed by atoms with Gasteiger partial charge in [-0.3, -0.25) is 9.69 Å². The Kier molecular flexibility index (Phi) is 6.40. The van der Waals surface area contributed by atoms with Crippen LogP contribution in [0.25, 0.3) is 0 Å². The summed E-state index contributed by atoms with van der Waals surface area (Å²) < 4.78 is 0. The van der Waals surface area contributed by atoms with Crippen LogP contribution in [0.3, 0.4) is 0 Å². The van der Waals surface area contributed by atoms with Gasteiger partial charge in [-0.2, -0.15) is 0 Å². The van der Waals surface area contributed by atoms with Crippen LogP contribution in [0, 0.1) is 0 Å². The van der Waals surface area contributed by atoms with Gasteiger partial charge in [-0.25, -0.2) is 0 Å². The van der Waals surface area contributed by atoms with Gasteiger partial charge >= 0.3 is 0 Å². The molecule has 0 aromatic rings. The van der Waals surface area contributed by atoms with Crippen LogP contribution in [0.2, 0.25) is 0 Å². The molecule has 14 heavy (non-hydrogen) atoms. The Bertz CT molecular complexity index is 206. The molecule has 0 bridgehead atoms. The first kappa shape index (κ1) is 13.3. The highest BCUT2D eigenvalue weighted by Gasteiger charge is 2.10. The molecule has 0 aromatic heterocycles. The largest absolute Gasteiger partial charge is 0.392 e. The Morgan fingerprint density at radius 3 is 2.43 bits per heavy atom. The zero-order valence-electron chi connectivity index (χ0n) is 9.04. The summed E-state index contributed by atoms with van der Waals surface area (Å²) >= 11 is 4.78. The average molecular weight is 217 g/mol. The van der Waals surface area contributed by atoms with Crippen molar-refractivity contribution in [2.75, 3.05) is 19.6 Å². The van der Waals surface area contributed by atoms with Crippen LogP contribution in [0.5, 0.6) is 0 Å². The van der Waals surface area contributed by atoms with Gasteiger partial charge in [0.2, 0.25) is 5.91 Å². The van der Waals surface area contributed by atoms with E-state index < -0.39 is 0 Å². The number of nitrogens with zero attached hydrogens (tertiary/aromatic N) is 1. The van der Waals surface area contributed by atoms with Crippen molar-refractivity contribution in [3.63, 3.8) is 0 Å². The Labute approximate surface area is 90.8 Å². The predicted molar refractivity (Wildman–Crippen MR) is 62.2 cm³/mol. The standard InChI is InChI=1S/C9H19N3OS/c1-4-12(5-8(10)14)6-9(13)11-7(2)3/h7H,4-6H2,1-3H3,(H2,10,14)(H,11,13). The SMILES string of the molecule is CCN(CC(=O)NC(C)C)CC(N)=S. The van der Waals surface area contributed by atoms with Crippen molar-refractivity contribution in [1.82, 2.24) is 10.2 Å². The Morgan fingerprint density at radius 1 is 1.50 bits per heavy atom. The fraction of sp³-hybridized carbons (Fsp3) is 0.778. The second-order valence-corrected chi connectivity index (χ2v) is 4.02. The summed E-state index contributed by atoms with van der Waals surface area (Å²) in [5.74, 6) is 0.0121. The lowest BCUT2D eigenvalue weighted by atomic mass is 10.3. The lowest BCUT2D eigenvalue weighted by molar-refractivity contribution is -0.122. The highest BCUT2D eigenvalue weighted by molar-refractivity contribution is 7.80. The monoisotopic (exact) mass is 217 g/mol. The van der Waals surface area contributed by atoms with Gasteiger partial charge in [-0.1, -0.05) is 19.1 Å². The van der Waals surface area contributed by atoms with Crippen LogP contribution >= 0.6 is 12.2 Å². The molecule has 1 amide bonds. The molecule has 0 saturated carbocycles. The molecule has 0 radical (unpaired) electrons. The number of rotatable bonds is 6. The van der Waals surface area contributed by atoms with E-state index in [2.05, 4.69) is 5.32 Å². The van der Waals surface area contributed by atoms with Crippen molar-refractivity contribution in [2.45, 2.75) is 26.8 Å². The number of thiocarbonyl (C=S) groups is 1. The van der Waals surface area contributed by atoms with E-state index in [-0.39, 0.29) is 11.9 Å². The Balaban J connectivity index is 3.92. The molecule has 0 heterocycles. The summed E-state index contributed by atoms with van der Waals surface area (Å²) in [6.45, 7) is 7.46. The van der Waals surface area contributed by atoms with E-state index >= 15 is 0 Å². The minimum absolute atomic E-state index is 0.0121. The fourth-order valence-corrected chi connectivity index (χ4v) is 1.25. The van der Waals surface area contributed by atoms with Crippen molar-refractivity contribution in [2.24, 2.45) is 5.73 Å². The summed E-state index contributed by atoms with van der Waals surface area (Å²) in [5.41, 5.74) is 5.40. The molecule has 0 unspecified atom stereocenters. The van der Waals surface area contributed by atoms with E-state index in [4.69, 9.17) is 18.0 Å². The van der Waals surface area contributed by atoms with Gasteiger partial charge in [-0.05, 0) is 20.4 Å². The van der Waals surface area contributed by atoms with E-state index in [0.29, 0.717) is 18.1 Å². The van der Waals surface area contributed by atoms with Crippen LogP contribution in [0.15, 0.2) is 0 Å². The molecule has 0 aliphatic heterocycles. The Hall–Kier alpha value is -0.680. The first-order valence-electron chi connectivity index (χ1n) is 4.75. The predicted octanol–water partition coefficient (Wildman–Crippen LogP) is 0.119. The van der Waals surface area contributed by atoms with Crippen LogP contribution < -0.4 is 11.1 Å². The fourth-order valence-electron chi connectivity index (χ4n) is 1.07. The number of hydrogen-bond acceptors (Lipinski definition) is 3. The van der Waals surface area contributed by atoms with Crippen molar-refractivity contribution in [1.29, 1.82) is 0 Å². The van der Waals surface area contributed by atoms with E-state index in [0.717, 1.165) is 6.54 Å². The minimum atomic E-state index is 0.0121. The zero-order valence-corrected chi connectivity index (χ0v) is 9.86. The van der Waals surface area contributed by atoms with Crippen molar-refractivity contribution >= 4 is 23.1 Å². The molecule has 0 atom stereocenters. The van der Waals surface area contributed by atoms with Gasteiger partial charge in [0.1, 0.15) is 0 Å². The molecule has 0 aromatic carbocycles. The second kappa shape index (κ2) is 6.73. The maximum atomic E-state index is 11.4. The number of amides is 1. The highest BCUT2D eigenvalue weighted by atomic mass is 32.1. The normalized spacial score (nSPS) is 10.6. The number of carbonyl (C=O) groups is 1. The quantitative estimate of drug-likeness (QED) is 0.620. The van der Waals surface area contributed by atoms with Crippen molar-refractivity contribution < 1.29 is 4.79 Å². The number of hydrogen-bond donors (Lipinski definition) is 2. The van der Waals surface area contributed by atoms with E-state index in [1.807, 2.05) is 25.7 Å². The molecule has 0 rings (SSSR count). The average Bonchev–Trinajstić information content (AvgIpc) is 2.00. The smallest absolute Gasteiger partial charge is 0.234 e. The highest BCUT2D eigenvalue weighted by Crippen LogP contribution is 1.88. The van der Waals surface area contributed by atoms with Gasteiger partial charge in [0.25, 0.3) is 0 Å². The molecule has 0 fully saturated rings. The molecule has 0 aliphatic rings. The van der Waals surface area contributed by atoms with E-state index in [1.165, 1.54) is 0 Å². The topological polar surface area (TPSA) is 58.4 Å². The van der Waals surface area contributed by atoms with Crippen LogP contribution in [-0.2, 0) is 4.79 Å². The molecule has 4 nitrogen and oxygen atoms in total. The third-order valence-corrected chi connectivity index (χ3v) is 1.77. The molecule has 0 saturated heterocycles. The molecule has 0 spiro atoms. The molecule has 5 heteroatoms. The molecule has 82 valence electrons. The Morgan fingerprint density at radius 2 is 2.07 bits per heavy atom. The van der Waals surface area contributed by atoms with Gasteiger partial charge in [0, 0.05) is 12.6 Å². The lowest BCUT2D eigenvalue weighted by Crippen LogP contribution is -2.42. The van der Waals surface area contributed by atoms with E-state index in [9.17, 15) is 4.79 Å². The second-order valence-electron chi connectivity index (χ2n) is 3.49. The van der Waals surface area contributed by atoms with Gasteiger partial charge in [0.05, 0.1) is 11.5 Å². The number of likely N-dealkylation sites (N-methyl/N-ethyl adjacent to an activating group) is 1. The summed E-state index contributed by atoms with van der Waals surface area (Å²) in [4.78, 5) is 13.7. The third-order valence-electron chi connectivity index (χ3n) is 1.64. The minimum Gasteiger partial charge on any atom is -0.392 e. The molecular weight excluding hydrogens is 198 g/mol. The summed E-state index contributed by atoms with van der Waals surface area (Å²) in [7, 11) is 0. The van der Waals surface area contributed by atoms with Crippen molar-refractivity contribution in [3.05, 3.63) is 0 Å². The maximum Gasteiger partial charge on any atom is 0.234 e. The van der Waals surface area contributed by atoms with Crippen molar-refractivity contribution in [3.8, 4) is 0 Å². The summed E-state index contributed by atoms with van der Waals surface area (Å²) in [6.07, 6.45) is 0. The first-order chi connectivity index (χ1) is 6.45. The zero-order chi connectivity index (χ0) is 11.1. The number of carbonyl (C=O) groups excluding carboxylic acids is 1. The van der Waals surface area contributed by atoms with E-state index in [1.54, 1.807) is 0 Å². The summed E-state index contributed by atoms with van der Waals surface area (Å²) in [5, 5.41) is 2.82. The van der Waals surface area contributed by atoms with Gasteiger partial charge in [0.15, 0.2) is 0 Å². The third kappa shape index (κ3) is 6.80. The van der Waals surface area contributed by atoms with Crippen LogP contribution in [0.4, 0.5) is 0 Å². The summed E-state index contributed by atoms with van der Waals surface area (Å²) in [6, 6.07) is 0.172. The molecular formula is C9H19N3OS. The van der Waals surface area contributed by atoms with Gasteiger partial charge < -0.3 is 11.1 Å². The molecule has 3 N–H and O–H groups in total. The van der Waals surface area contributed by atoms with Crippen LogP contribution in [-0.4, -0.2) is 41.5 Å². The maximum absolute atomic E-state index is 11.4. The van der Waals surface area contributed by atoms with Gasteiger partial charge in [-0.15, -0.1) is 0 Å².